The monoisotopic (exact) mass is 1040 g/mol. The van der Waals surface area contributed by atoms with E-state index in [1.165, 1.54) is 9.91 Å². The molecule has 3 aromatic carbocycles. The zero-order chi connectivity index (χ0) is 53.7. The molecule has 4 aliphatic heterocycles. The average Bonchev–Trinajstić information content (AvgIpc) is 4.19. The van der Waals surface area contributed by atoms with E-state index in [0.29, 0.717) is 38.1 Å². The van der Waals surface area contributed by atoms with E-state index in [9.17, 15) is 19.5 Å². The maximum absolute atomic E-state index is 15.1. The summed E-state index contributed by atoms with van der Waals surface area (Å²) in [6, 6.07) is 20.9. The number of carbonyl (C=O) groups is 4. The number of fused-ring (bicyclic) bond motifs is 8. The zero-order valence-corrected chi connectivity index (χ0v) is 45.7. The molecular weight excluding hydrogens is 961 g/mol. The number of nitrogens with one attached hydrogen (secondary N) is 2. The molecule has 3 N–H and O–H groups in total. The number of ether oxygens (including phenoxy) is 3. The highest BCUT2D eigenvalue weighted by molar-refractivity contribution is 5.96. The van der Waals surface area contributed by atoms with E-state index < -0.39 is 47.4 Å². The maximum Gasteiger partial charge on any atom is 0.325 e. The summed E-state index contributed by atoms with van der Waals surface area (Å²) in [7, 11) is 5.50. The lowest BCUT2D eigenvalue weighted by atomic mass is 9.84. The molecule has 16 heteroatoms. The first-order valence-corrected chi connectivity index (χ1v) is 27.4. The molecule has 1 unspecified atom stereocenters. The zero-order valence-electron chi connectivity index (χ0n) is 45.7. The molecule has 76 heavy (non-hydrogen) atoms. The molecular formula is C60H76N8O8. The summed E-state index contributed by atoms with van der Waals surface area (Å²) < 4.78 is 20.6. The fourth-order valence-electron chi connectivity index (χ4n) is 12.2. The summed E-state index contributed by atoms with van der Waals surface area (Å²) >= 11 is 0. The molecule has 10 rings (SSSR count). The fourth-order valence-corrected chi connectivity index (χ4v) is 12.2. The van der Waals surface area contributed by atoms with Crippen molar-refractivity contribution in [1.82, 2.24) is 35.1 Å². The number of likely N-dealkylation sites (N-methyl/N-ethyl adjacent to an activating group) is 2. The molecule has 6 bridgehead atoms. The van der Waals surface area contributed by atoms with Gasteiger partial charge in [0.05, 0.1) is 42.6 Å². The summed E-state index contributed by atoms with van der Waals surface area (Å²) in [5.41, 5.74) is 11.9. The van der Waals surface area contributed by atoms with Crippen LogP contribution in [0.15, 0.2) is 79.0 Å². The molecule has 1 aliphatic carbocycles. The second-order valence-corrected chi connectivity index (χ2v) is 23.0. The summed E-state index contributed by atoms with van der Waals surface area (Å²) in [5.74, 6) is -2.03. The fraction of sp³-hybridized carbons (Fsp3) is 0.517. The van der Waals surface area contributed by atoms with Gasteiger partial charge < -0.3 is 43.9 Å². The number of methoxy groups -OCH3 is 1. The predicted octanol–water partition coefficient (Wildman–Crippen LogP) is 7.12. The molecule has 9 atom stereocenters. The predicted molar refractivity (Wildman–Crippen MR) is 292 cm³/mol. The van der Waals surface area contributed by atoms with Crippen LogP contribution in [0.3, 0.4) is 0 Å². The van der Waals surface area contributed by atoms with Gasteiger partial charge in [-0.3, -0.25) is 29.2 Å². The topological polar surface area (TPSA) is 171 Å². The quantitative estimate of drug-likeness (QED) is 0.108. The third-order valence-corrected chi connectivity index (χ3v) is 17.0. The van der Waals surface area contributed by atoms with Crippen molar-refractivity contribution in [1.29, 1.82) is 0 Å². The Morgan fingerprint density at radius 2 is 1.76 bits per heavy atom. The van der Waals surface area contributed by atoms with Gasteiger partial charge in [-0.15, -0.1) is 0 Å². The number of esters is 1. The SMILES string of the molecule is CC[C@H](C)[C@@H](C(=O)N[C@H]1Cc2cc(O)cc(c2)-c2ccc3c(c2)c(c(-c2cc(N4CCN(C)CC4)cnc2[C@H](C)OC)n3CC)CC(C)(C)COC(=O)[C@H]2NN(CC3C[C@@H]32)C1=O)N(C)C(=O)[C@@H]1OC[C@@H]1c1ccccc1. The number of aryl methyl sites for hydroxylation is 1. The van der Waals surface area contributed by atoms with E-state index >= 15 is 4.79 Å². The number of aromatic hydroxyl groups is 1. The number of nitrogens with zero attached hydrogens (tertiary/aromatic N) is 6. The summed E-state index contributed by atoms with van der Waals surface area (Å²) in [6.45, 7) is 17.5. The van der Waals surface area contributed by atoms with E-state index in [0.717, 1.165) is 88.4 Å². The number of cyclic esters (lactones) is 1. The van der Waals surface area contributed by atoms with E-state index in [1.54, 1.807) is 26.3 Å². The lowest BCUT2D eigenvalue weighted by Crippen LogP contribution is -2.63. The lowest BCUT2D eigenvalue weighted by Gasteiger charge is -2.41. The van der Waals surface area contributed by atoms with Crippen molar-refractivity contribution in [3.63, 3.8) is 0 Å². The summed E-state index contributed by atoms with van der Waals surface area (Å²) in [6.07, 6.45) is 2.79. The Kier molecular flexibility index (Phi) is 15.1. The van der Waals surface area contributed by atoms with E-state index in [1.807, 2.05) is 63.4 Å². The van der Waals surface area contributed by atoms with Crippen molar-refractivity contribution in [2.24, 2.45) is 23.2 Å². The standard InChI is InChI=1S/C60H76N8O8/c1-10-35(3)53(65(8)58(72)55-48(33-75-55)38-15-13-12-14-16-38)56(70)62-49-25-37-23-40(26-43(69)24-37)39-17-18-50-45(27-39)47(30-60(5,6)34-76-59(73)52-44-28-41(44)32-68(63-52)57(49)71)54(67(50)11-2)46-29-42(31-61-51(46)36(4)74-9)66-21-19-64(7)20-22-66/h12-18,23-24,26-27,29,31,35-36,41,44,48-49,52-53,55,63,69H,10-11,19-22,25,28,30,32-34H2,1-9H3,(H,62,70)/t35-,36-,41?,44-,48+,49-,52-,53-,55+/m0/s1. The molecule has 3 saturated heterocycles. The molecule has 6 heterocycles. The highest BCUT2D eigenvalue weighted by atomic mass is 16.5. The van der Waals surface area contributed by atoms with Crippen molar-refractivity contribution in [3.05, 3.63) is 101 Å². The van der Waals surface area contributed by atoms with Crippen LogP contribution in [-0.4, -0.2) is 145 Å². The number of piperazine rings is 1. The number of benzene rings is 3. The minimum Gasteiger partial charge on any atom is -0.508 e. The molecule has 0 spiro atoms. The Morgan fingerprint density at radius 1 is 1.00 bits per heavy atom. The normalized spacial score (nSPS) is 24.9. The van der Waals surface area contributed by atoms with Gasteiger partial charge in [-0.1, -0.05) is 76.6 Å². The highest BCUT2D eigenvalue weighted by Crippen LogP contribution is 2.46. The highest BCUT2D eigenvalue weighted by Gasteiger charge is 2.53. The molecule has 16 nitrogen and oxygen atoms in total. The third kappa shape index (κ3) is 10.4. The Morgan fingerprint density at radius 3 is 2.46 bits per heavy atom. The van der Waals surface area contributed by atoms with Gasteiger partial charge in [-0.05, 0) is 110 Å². The first-order valence-electron chi connectivity index (χ1n) is 27.4. The van der Waals surface area contributed by atoms with Crippen LogP contribution >= 0.6 is 0 Å². The number of carbonyl (C=O) groups excluding carboxylic acids is 4. The molecule has 2 aromatic heterocycles. The summed E-state index contributed by atoms with van der Waals surface area (Å²) in [4.78, 5) is 70.1. The second-order valence-electron chi connectivity index (χ2n) is 23.0. The molecule has 3 amide bonds. The van der Waals surface area contributed by atoms with Gasteiger partial charge in [-0.2, -0.15) is 0 Å². The Labute approximate surface area is 447 Å². The van der Waals surface area contributed by atoms with E-state index in [-0.39, 0.29) is 54.5 Å². The number of aromatic nitrogens is 2. The minimum atomic E-state index is -1.15. The third-order valence-electron chi connectivity index (χ3n) is 17.0. The first kappa shape index (κ1) is 53.1. The van der Waals surface area contributed by atoms with Crippen molar-refractivity contribution >= 4 is 40.3 Å². The number of rotatable bonds is 12. The van der Waals surface area contributed by atoms with Crippen LogP contribution in [0.2, 0.25) is 0 Å². The van der Waals surface area contributed by atoms with Crippen molar-refractivity contribution in [2.75, 3.05) is 72.0 Å². The van der Waals surface area contributed by atoms with Gasteiger partial charge in [0.1, 0.15) is 30.0 Å². The first-order chi connectivity index (χ1) is 36.5. The number of hydrazine groups is 1. The van der Waals surface area contributed by atoms with E-state index in [2.05, 4.69) is 77.2 Å². The number of anilines is 1. The van der Waals surface area contributed by atoms with E-state index in [4.69, 9.17) is 19.2 Å². The average molecular weight is 1040 g/mol. The van der Waals surface area contributed by atoms with Gasteiger partial charge in [0, 0.05) is 87.6 Å². The van der Waals surface area contributed by atoms with Crippen LogP contribution in [0.25, 0.3) is 33.3 Å². The molecule has 5 aromatic rings. The van der Waals surface area contributed by atoms with Crippen molar-refractivity contribution in [2.45, 2.75) is 110 Å². The van der Waals surface area contributed by atoms with Gasteiger partial charge in [0.25, 0.3) is 11.8 Å². The number of phenolic OH excluding ortho intramolecular Hbond substituents is 1. The van der Waals surface area contributed by atoms with Gasteiger partial charge >= 0.3 is 5.97 Å². The Balaban J connectivity index is 1.06. The number of hydrogen-bond acceptors (Lipinski definition) is 12. The van der Waals surface area contributed by atoms with Crippen molar-refractivity contribution < 1.29 is 38.5 Å². The van der Waals surface area contributed by atoms with Crippen LogP contribution in [0.5, 0.6) is 5.75 Å². The van der Waals surface area contributed by atoms with Crippen molar-refractivity contribution in [3.8, 4) is 28.1 Å². The van der Waals surface area contributed by atoms with Crippen LogP contribution in [-0.2, 0) is 52.8 Å². The summed E-state index contributed by atoms with van der Waals surface area (Å²) in [5, 5.41) is 17.2. The molecule has 5 aliphatic rings. The van der Waals surface area contributed by atoms with Gasteiger partial charge in [0.2, 0.25) is 5.91 Å². The van der Waals surface area contributed by atoms with Crippen LogP contribution in [0.4, 0.5) is 5.69 Å². The smallest absolute Gasteiger partial charge is 0.325 e. The van der Waals surface area contributed by atoms with Gasteiger partial charge in [0.15, 0.2) is 0 Å². The van der Waals surface area contributed by atoms with Crippen LogP contribution in [0.1, 0.15) is 88.8 Å². The van der Waals surface area contributed by atoms with Crippen LogP contribution < -0.4 is 15.6 Å². The largest absolute Gasteiger partial charge is 0.508 e. The lowest BCUT2D eigenvalue weighted by molar-refractivity contribution is -0.165. The Hall–Kier alpha value is -6.33. The second kappa shape index (κ2) is 21.6. The van der Waals surface area contributed by atoms with Gasteiger partial charge in [-0.25, -0.2) is 5.43 Å². The number of phenols is 1. The Bertz CT molecular complexity index is 2990. The molecule has 4 fully saturated rings. The maximum atomic E-state index is 15.1. The molecule has 0 radical (unpaired) electrons. The molecule has 1 saturated carbocycles. The molecule has 404 valence electrons. The number of amides is 3. The number of hydrogen-bond donors (Lipinski definition) is 3. The minimum absolute atomic E-state index is 0.00806. The number of pyridine rings is 1. The van der Waals surface area contributed by atoms with Crippen LogP contribution in [0, 0.1) is 23.2 Å².